The van der Waals surface area contributed by atoms with Crippen LogP contribution < -0.4 is 16.0 Å². The quantitative estimate of drug-likeness (QED) is 0.726. The first-order chi connectivity index (χ1) is 9.93. The van der Waals surface area contributed by atoms with Crippen LogP contribution in [0.3, 0.4) is 0 Å². The first-order valence-corrected chi connectivity index (χ1v) is 6.96. The van der Waals surface area contributed by atoms with E-state index in [0.29, 0.717) is 11.6 Å². The van der Waals surface area contributed by atoms with Crippen molar-refractivity contribution in [2.75, 3.05) is 19.6 Å². The van der Waals surface area contributed by atoms with Crippen molar-refractivity contribution in [1.29, 1.82) is 0 Å². The van der Waals surface area contributed by atoms with Gasteiger partial charge in [-0.05, 0) is 25.1 Å². The van der Waals surface area contributed by atoms with E-state index in [1.165, 1.54) is 18.2 Å². The van der Waals surface area contributed by atoms with Gasteiger partial charge in [0.1, 0.15) is 0 Å². The number of amides is 3. The summed E-state index contributed by atoms with van der Waals surface area (Å²) < 4.78 is 0. The lowest BCUT2D eigenvalue weighted by Crippen LogP contribution is -2.41. The summed E-state index contributed by atoms with van der Waals surface area (Å²) in [6.45, 7) is 1.87. The molecule has 21 heavy (non-hydrogen) atoms. The van der Waals surface area contributed by atoms with Crippen LogP contribution in [0.25, 0.3) is 0 Å². The predicted octanol–water partition coefficient (Wildman–Crippen LogP) is 0.975. The lowest BCUT2D eigenvalue weighted by molar-refractivity contribution is -0.125. The molecule has 0 spiro atoms. The predicted molar refractivity (Wildman–Crippen MR) is 80.5 cm³/mol. The minimum atomic E-state index is -0.496. The fraction of sp³-hybridized carbons (Fsp3) is 0.308. The Morgan fingerprint density at radius 2 is 1.62 bits per heavy atom. The third-order valence-electron chi connectivity index (χ3n) is 2.41. The Morgan fingerprint density at radius 1 is 1.00 bits per heavy atom. The first kappa shape index (κ1) is 17.3. The van der Waals surface area contributed by atoms with E-state index in [-0.39, 0.29) is 29.6 Å². The number of carbonyl (C=O) groups is 3. The molecule has 0 aliphatic carbocycles. The second kappa shape index (κ2) is 8.49. The normalized spacial score (nSPS) is 9.86. The van der Waals surface area contributed by atoms with E-state index in [2.05, 4.69) is 16.0 Å². The highest BCUT2D eigenvalue weighted by Crippen LogP contribution is 2.20. The smallest absolute Gasteiger partial charge is 0.253 e. The Kier molecular flexibility index (Phi) is 6.98. The maximum absolute atomic E-state index is 11.8. The Labute approximate surface area is 132 Å². The Balaban J connectivity index is 2.42. The zero-order chi connectivity index (χ0) is 15.8. The fourth-order valence-electron chi connectivity index (χ4n) is 1.43. The lowest BCUT2D eigenvalue weighted by atomic mass is 10.2. The number of benzene rings is 1. The van der Waals surface area contributed by atoms with Gasteiger partial charge in [0.2, 0.25) is 11.8 Å². The second-order valence-electron chi connectivity index (χ2n) is 4.04. The molecule has 0 atom stereocenters. The molecule has 0 fully saturated rings. The van der Waals surface area contributed by atoms with Crippen LogP contribution in [0.5, 0.6) is 0 Å². The Morgan fingerprint density at radius 3 is 2.24 bits per heavy atom. The average Bonchev–Trinajstić information content (AvgIpc) is 2.43. The van der Waals surface area contributed by atoms with E-state index in [9.17, 15) is 14.4 Å². The molecular weight excluding hydrogens is 317 g/mol. The van der Waals surface area contributed by atoms with Crippen LogP contribution >= 0.6 is 23.2 Å². The molecule has 0 aliphatic rings. The molecule has 0 radical (unpaired) electrons. The SMILES string of the molecule is CCNC(=O)CNC(=O)CNC(=O)c1ccc(Cl)cc1Cl. The molecule has 0 heterocycles. The standard InChI is InChI=1S/C13H15Cl2N3O3/c1-2-16-11(19)6-17-12(20)7-18-13(21)9-4-3-8(14)5-10(9)15/h3-5H,2,6-7H2,1H3,(H,16,19)(H,17,20)(H,18,21). The number of likely N-dealkylation sites (N-methyl/N-ethyl adjacent to an activating group) is 1. The number of nitrogens with one attached hydrogen (secondary N) is 3. The minimum Gasteiger partial charge on any atom is -0.355 e. The van der Waals surface area contributed by atoms with Crippen LogP contribution in [0.15, 0.2) is 18.2 Å². The van der Waals surface area contributed by atoms with Gasteiger partial charge < -0.3 is 16.0 Å². The van der Waals surface area contributed by atoms with E-state index in [1.54, 1.807) is 6.92 Å². The van der Waals surface area contributed by atoms with E-state index < -0.39 is 11.8 Å². The van der Waals surface area contributed by atoms with Crippen LogP contribution in [-0.2, 0) is 9.59 Å². The molecule has 8 heteroatoms. The molecule has 3 N–H and O–H groups in total. The molecule has 1 rings (SSSR count). The van der Waals surface area contributed by atoms with Gasteiger partial charge in [0.25, 0.3) is 5.91 Å². The molecule has 1 aromatic rings. The molecule has 0 saturated carbocycles. The summed E-state index contributed by atoms with van der Waals surface area (Å²) in [5.74, 6) is -1.26. The van der Waals surface area contributed by atoms with Crippen LogP contribution in [-0.4, -0.2) is 37.4 Å². The van der Waals surface area contributed by atoms with E-state index in [1.807, 2.05) is 0 Å². The Hall–Kier alpha value is -1.79. The van der Waals surface area contributed by atoms with Crippen LogP contribution in [0.1, 0.15) is 17.3 Å². The lowest BCUT2D eigenvalue weighted by Gasteiger charge is -2.08. The molecule has 3 amide bonds. The van der Waals surface area contributed by atoms with Gasteiger partial charge in [-0.15, -0.1) is 0 Å². The largest absolute Gasteiger partial charge is 0.355 e. The summed E-state index contributed by atoms with van der Waals surface area (Å²) in [6, 6.07) is 4.43. The molecular formula is C13H15Cl2N3O3. The van der Waals surface area contributed by atoms with E-state index in [4.69, 9.17) is 23.2 Å². The summed E-state index contributed by atoms with van der Waals surface area (Å²) >= 11 is 11.6. The van der Waals surface area contributed by atoms with Gasteiger partial charge in [-0.25, -0.2) is 0 Å². The zero-order valence-electron chi connectivity index (χ0n) is 11.3. The van der Waals surface area contributed by atoms with Gasteiger partial charge in [0.15, 0.2) is 0 Å². The number of rotatable bonds is 6. The van der Waals surface area contributed by atoms with Gasteiger partial charge in [0, 0.05) is 11.6 Å². The number of halogens is 2. The summed E-state index contributed by atoms with van der Waals surface area (Å²) in [6.07, 6.45) is 0. The van der Waals surface area contributed by atoms with Crippen molar-refractivity contribution in [1.82, 2.24) is 16.0 Å². The molecule has 114 valence electrons. The van der Waals surface area contributed by atoms with Gasteiger partial charge in [-0.3, -0.25) is 14.4 Å². The molecule has 0 bridgehead atoms. The highest BCUT2D eigenvalue weighted by molar-refractivity contribution is 6.36. The minimum absolute atomic E-state index is 0.135. The Bertz CT molecular complexity index is 549. The van der Waals surface area contributed by atoms with E-state index in [0.717, 1.165) is 0 Å². The van der Waals surface area contributed by atoms with Crippen molar-refractivity contribution in [2.24, 2.45) is 0 Å². The first-order valence-electron chi connectivity index (χ1n) is 6.20. The van der Waals surface area contributed by atoms with Crippen LogP contribution in [0, 0.1) is 0 Å². The molecule has 0 unspecified atom stereocenters. The highest BCUT2D eigenvalue weighted by atomic mass is 35.5. The van der Waals surface area contributed by atoms with Crippen molar-refractivity contribution in [2.45, 2.75) is 6.92 Å². The summed E-state index contributed by atoms with van der Waals surface area (Å²) in [5.41, 5.74) is 0.220. The average molecular weight is 332 g/mol. The maximum Gasteiger partial charge on any atom is 0.253 e. The molecule has 1 aromatic carbocycles. The molecule has 6 nitrogen and oxygen atoms in total. The number of carbonyl (C=O) groups excluding carboxylic acids is 3. The third kappa shape index (κ3) is 6.01. The summed E-state index contributed by atoms with van der Waals surface area (Å²) in [4.78, 5) is 34.4. The van der Waals surface area contributed by atoms with E-state index >= 15 is 0 Å². The molecule has 0 saturated heterocycles. The number of hydrogen-bond donors (Lipinski definition) is 3. The fourth-order valence-corrected chi connectivity index (χ4v) is 1.92. The zero-order valence-corrected chi connectivity index (χ0v) is 12.8. The second-order valence-corrected chi connectivity index (χ2v) is 4.88. The topological polar surface area (TPSA) is 87.3 Å². The van der Waals surface area contributed by atoms with Gasteiger partial charge in [0.05, 0.1) is 23.7 Å². The molecule has 0 aliphatic heterocycles. The van der Waals surface area contributed by atoms with Crippen molar-refractivity contribution in [3.8, 4) is 0 Å². The van der Waals surface area contributed by atoms with Crippen molar-refractivity contribution in [3.05, 3.63) is 33.8 Å². The summed E-state index contributed by atoms with van der Waals surface area (Å²) in [5, 5.41) is 7.93. The van der Waals surface area contributed by atoms with Crippen molar-refractivity contribution >= 4 is 40.9 Å². The molecule has 0 aromatic heterocycles. The number of hydrogen-bond acceptors (Lipinski definition) is 3. The summed E-state index contributed by atoms with van der Waals surface area (Å²) in [7, 11) is 0. The van der Waals surface area contributed by atoms with Gasteiger partial charge >= 0.3 is 0 Å². The highest BCUT2D eigenvalue weighted by Gasteiger charge is 2.12. The monoisotopic (exact) mass is 331 g/mol. The third-order valence-corrected chi connectivity index (χ3v) is 2.95. The van der Waals surface area contributed by atoms with Crippen molar-refractivity contribution < 1.29 is 14.4 Å². The van der Waals surface area contributed by atoms with Gasteiger partial charge in [-0.2, -0.15) is 0 Å². The maximum atomic E-state index is 11.8. The van der Waals surface area contributed by atoms with Gasteiger partial charge in [-0.1, -0.05) is 23.2 Å². The van der Waals surface area contributed by atoms with Crippen LogP contribution in [0.2, 0.25) is 10.0 Å². The van der Waals surface area contributed by atoms with Crippen molar-refractivity contribution in [3.63, 3.8) is 0 Å². The van der Waals surface area contributed by atoms with Crippen LogP contribution in [0.4, 0.5) is 0 Å².